The van der Waals surface area contributed by atoms with Crippen molar-refractivity contribution in [2.24, 2.45) is 0 Å². The topological polar surface area (TPSA) is 49.3 Å². The number of alkyl halides is 3. The molecule has 1 unspecified atom stereocenters. The smallest absolute Gasteiger partial charge is 0.385 e. The molecular formula is C12H10F4NO2. The van der Waals surface area contributed by atoms with Gasteiger partial charge in [0, 0.05) is 0 Å². The van der Waals surface area contributed by atoms with Crippen LogP contribution in [0.25, 0.3) is 0 Å². The van der Waals surface area contributed by atoms with E-state index in [2.05, 4.69) is 5.32 Å². The quantitative estimate of drug-likeness (QED) is 0.816. The van der Waals surface area contributed by atoms with Gasteiger partial charge < -0.3 is 10.4 Å². The lowest BCUT2D eigenvalue weighted by molar-refractivity contribution is -0.138. The van der Waals surface area contributed by atoms with Gasteiger partial charge in [-0.25, -0.2) is 4.39 Å². The third-order valence-electron chi connectivity index (χ3n) is 2.93. The van der Waals surface area contributed by atoms with Crippen LogP contribution in [0.1, 0.15) is 28.8 Å². The van der Waals surface area contributed by atoms with Gasteiger partial charge in [-0.1, -0.05) is 0 Å². The fraction of sp³-hybridized carbons (Fsp3) is 0.333. The van der Waals surface area contributed by atoms with E-state index in [1.807, 2.05) is 0 Å². The van der Waals surface area contributed by atoms with E-state index in [0.717, 1.165) is 12.1 Å². The Hall–Kier alpha value is -1.63. The molecule has 1 aliphatic carbocycles. The van der Waals surface area contributed by atoms with Gasteiger partial charge in [0.2, 0.25) is 0 Å². The molecule has 1 aromatic rings. The standard InChI is InChI=1S/C12H10F4NO2/c13-6-1-2-7(8(5-6)12(14,15)16)11(19)17-9-3-4-10(9)18/h1-2,5,9,18H,3-4H2,(H,17,19). The summed E-state index contributed by atoms with van der Waals surface area (Å²) in [5.74, 6) is -2.05. The number of nitrogens with one attached hydrogen (secondary N) is 1. The minimum atomic E-state index is -4.82. The Morgan fingerprint density at radius 2 is 2.05 bits per heavy atom. The van der Waals surface area contributed by atoms with E-state index in [1.165, 1.54) is 0 Å². The SMILES string of the molecule is O=C(NC1CC[C]1O)c1ccc(F)cc1C(F)(F)F. The maximum absolute atomic E-state index is 12.9. The van der Waals surface area contributed by atoms with Crippen LogP contribution in [0.15, 0.2) is 18.2 Å². The molecule has 0 saturated heterocycles. The lowest BCUT2D eigenvalue weighted by Crippen LogP contribution is -2.45. The Bertz CT molecular complexity index is 501. The molecule has 0 aromatic heterocycles. The van der Waals surface area contributed by atoms with Gasteiger partial charge in [-0.3, -0.25) is 4.79 Å². The van der Waals surface area contributed by atoms with Crippen molar-refractivity contribution >= 4 is 5.91 Å². The number of aliphatic hydroxyl groups excluding tert-OH is 1. The van der Waals surface area contributed by atoms with Gasteiger partial charge in [0.15, 0.2) is 0 Å². The number of aliphatic hydroxyl groups is 1. The van der Waals surface area contributed by atoms with Gasteiger partial charge in [0.1, 0.15) is 11.9 Å². The van der Waals surface area contributed by atoms with Gasteiger partial charge in [0.05, 0.1) is 17.2 Å². The van der Waals surface area contributed by atoms with Crippen molar-refractivity contribution in [2.75, 3.05) is 0 Å². The molecule has 7 heteroatoms. The second-order valence-electron chi connectivity index (χ2n) is 4.24. The number of hydrogen-bond donors (Lipinski definition) is 2. The Labute approximate surface area is 106 Å². The van der Waals surface area contributed by atoms with E-state index in [1.54, 1.807) is 0 Å². The minimum Gasteiger partial charge on any atom is -0.385 e. The summed E-state index contributed by atoms with van der Waals surface area (Å²) in [6, 6.07) is 1.22. The molecule has 3 nitrogen and oxygen atoms in total. The highest BCUT2D eigenvalue weighted by Gasteiger charge is 2.37. The fourth-order valence-electron chi connectivity index (χ4n) is 1.76. The van der Waals surface area contributed by atoms with Crippen LogP contribution in [0.3, 0.4) is 0 Å². The number of halogens is 4. The number of carbonyl (C=O) groups excluding carboxylic acids is 1. The zero-order valence-electron chi connectivity index (χ0n) is 9.59. The van der Waals surface area contributed by atoms with E-state index in [4.69, 9.17) is 0 Å². The van der Waals surface area contributed by atoms with Crippen LogP contribution in [0.5, 0.6) is 0 Å². The minimum absolute atomic E-state index is 0.0315. The summed E-state index contributed by atoms with van der Waals surface area (Å²) in [5.41, 5.74) is -1.99. The first-order valence-electron chi connectivity index (χ1n) is 5.51. The molecule has 0 aliphatic heterocycles. The first-order valence-corrected chi connectivity index (χ1v) is 5.51. The maximum Gasteiger partial charge on any atom is 0.417 e. The summed E-state index contributed by atoms with van der Waals surface area (Å²) in [6.45, 7) is 0. The number of carbonyl (C=O) groups is 1. The van der Waals surface area contributed by atoms with Crippen molar-refractivity contribution in [2.45, 2.75) is 25.1 Å². The number of benzene rings is 1. The van der Waals surface area contributed by atoms with E-state index < -0.39 is 35.1 Å². The molecule has 1 radical (unpaired) electrons. The summed E-state index contributed by atoms with van der Waals surface area (Å²) in [5, 5.41) is 11.5. The second kappa shape index (κ2) is 4.80. The van der Waals surface area contributed by atoms with Crippen molar-refractivity contribution < 1.29 is 27.5 Å². The zero-order valence-corrected chi connectivity index (χ0v) is 9.59. The Morgan fingerprint density at radius 1 is 1.37 bits per heavy atom. The first kappa shape index (κ1) is 13.8. The monoisotopic (exact) mass is 276 g/mol. The number of hydrogen-bond acceptors (Lipinski definition) is 2. The van der Waals surface area contributed by atoms with E-state index in [9.17, 15) is 27.5 Å². The molecule has 103 valence electrons. The molecule has 19 heavy (non-hydrogen) atoms. The molecule has 0 bridgehead atoms. The molecule has 2 rings (SSSR count). The molecule has 1 atom stereocenters. The number of amides is 1. The molecule has 2 N–H and O–H groups in total. The molecule has 1 aliphatic rings. The molecule has 1 fully saturated rings. The van der Waals surface area contributed by atoms with Gasteiger partial charge >= 0.3 is 6.18 Å². The van der Waals surface area contributed by atoms with E-state index in [-0.39, 0.29) is 12.2 Å². The van der Waals surface area contributed by atoms with Crippen molar-refractivity contribution in [3.8, 4) is 0 Å². The van der Waals surface area contributed by atoms with Crippen LogP contribution in [0.2, 0.25) is 0 Å². The largest absolute Gasteiger partial charge is 0.417 e. The molecule has 0 spiro atoms. The van der Waals surface area contributed by atoms with E-state index in [0.29, 0.717) is 12.8 Å². The summed E-state index contributed by atoms with van der Waals surface area (Å²) in [4.78, 5) is 11.7. The molecule has 1 amide bonds. The third-order valence-corrected chi connectivity index (χ3v) is 2.93. The predicted octanol–water partition coefficient (Wildman–Crippen LogP) is 2.64. The Morgan fingerprint density at radius 3 is 2.53 bits per heavy atom. The van der Waals surface area contributed by atoms with Crippen LogP contribution < -0.4 is 5.32 Å². The average molecular weight is 276 g/mol. The average Bonchev–Trinajstić information content (AvgIpc) is 2.32. The first-order chi connectivity index (χ1) is 8.79. The summed E-state index contributed by atoms with van der Waals surface area (Å²) in [7, 11) is 0. The van der Waals surface area contributed by atoms with E-state index >= 15 is 0 Å². The maximum atomic E-state index is 12.9. The van der Waals surface area contributed by atoms with Gasteiger partial charge in [-0.15, -0.1) is 0 Å². The zero-order chi connectivity index (χ0) is 14.2. The van der Waals surface area contributed by atoms with Crippen molar-refractivity contribution in [3.63, 3.8) is 0 Å². The predicted molar refractivity (Wildman–Crippen MR) is 57.1 cm³/mol. The number of rotatable bonds is 2. The van der Waals surface area contributed by atoms with Crippen LogP contribution in [0, 0.1) is 11.9 Å². The third kappa shape index (κ3) is 2.86. The summed E-state index contributed by atoms with van der Waals surface area (Å²) < 4.78 is 51.0. The lowest BCUT2D eigenvalue weighted by atomic mass is 9.89. The van der Waals surface area contributed by atoms with Gasteiger partial charge in [-0.05, 0) is 31.0 Å². The second-order valence-corrected chi connectivity index (χ2v) is 4.24. The molecule has 1 aromatic carbocycles. The van der Waals surface area contributed by atoms with Crippen molar-refractivity contribution in [1.29, 1.82) is 0 Å². The van der Waals surface area contributed by atoms with Gasteiger partial charge in [-0.2, -0.15) is 13.2 Å². The van der Waals surface area contributed by atoms with Crippen LogP contribution in [-0.2, 0) is 6.18 Å². The van der Waals surface area contributed by atoms with Gasteiger partial charge in [0.25, 0.3) is 5.91 Å². The molecule has 1 saturated carbocycles. The Balaban J connectivity index is 2.26. The van der Waals surface area contributed by atoms with Crippen molar-refractivity contribution in [1.82, 2.24) is 5.32 Å². The highest BCUT2D eigenvalue weighted by atomic mass is 19.4. The summed E-state index contributed by atoms with van der Waals surface area (Å²) in [6.07, 6.45) is -3.90. The normalized spacial score (nSPS) is 19.9. The highest BCUT2D eigenvalue weighted by Crippen LogP contribution is 2.33. The van der Waals surface area contributed by atoms with Crippen LogP contribution >= 0.6 is 0 Å². The Kier molecular flexibility index (Phi) is 3.49. The summed E-state index contributed by atoms with van der Waals surface area (Å²) >= 11 is 0. The van der Waals surface area contributed by atoms with Crippen molar-refractivity contribution in [3.05, 3.63) is 41.2 Å². The lowest BCUT2D eigenvalue weighted by Gasteiger charge is -2.32. The highest BCUT2D eigenvalue weighted by molar-refractivity contribution is 5.96. The van der Waals surface area contributed by atoms with Crippen LogP contribution in [-0.4, -0.2) is 17.1 Å². The molecular weight excluding hydrogens is 266 g/mol. The molecule has 0 heterocycles. The fourth-order valence-corrected chi connectivity index (χ4v) is 1.76. The van der Waals surface area contributed by atoms with Crippen LogP contribution in [0.4, 0.5) is 17.6 Å².